The van der Waals surface area contributed by atoms with Crippen molar-refractivity contribution in [1.82, 2.24) is 5.32 Å². The van der Waals surface area contributed by atoms with E-state index in [4.69, 9.17) is 14.2 Å². The van der Waals surface area contributed by atoms with Gasteiger partial charge in [0.25, 0.3) is 5.69 Å². The van der Waals surface area contributed by atoms with E-state index in [9.17, 15) is 10.1 Å². The molecule has 0 saturated carbocycles. The van der Waals surface area contributed by atoms with Gasteiger partial charge in [-0.1, -0.05) is 0 Å². The topological polar surface area (TPSA) is 94.9 Å². The molecule has 21 heavy (non-hydrogen) atoms. The van der Waals surface area contributed by atoms with E-state index in [0.29, 0.717) is 43.6 Å². The summed E-state index contributed by atoms with van der Waals surface area (Å²) in [5.74, 6) is 0.936. The summed E-state index contributed by atoms with van der Waals surface area (Å²) in [6, 6.07) is 3.01. The van der Waals surface area contributed by atoms with Crippen LogP contribution in [0.1, 0.15) is 0 Å². The molecule has 8 heteroatoms. The minimum Gasteiger partial charge on any atom is -0.486 e. The highest BCUT2D eigenvalue weighted by molar-refractivity contribution is 5.68. The van der Waals surface area contributed by atoms with Crippen molar-refractivity contribution < 1.29 is 19.1 Å². The lowest BCUT2D eigenvalue weighted by atomic mass is 10.2. The first kappa shape index (κ1) is 13.9. The van der Waals surface area contributed by atoms with Gasteiger partial charge in [0.1, 0.15) is 18.9 Å². The van der Waals surface area contributed by atoms with Gasteiger partial charge >= 0.3 is 0 Å². The molecule has 0 radical (unpaired) electrons. The zero-order valence-corrected chi connectivity index (χ0v) is 11.5. The Morgan fingerprint density at radius 2 is 2.05 bits per heavy atom. The SMILES string of the molecule is O=[N+]([O-])c1cc2c(cc1NCC1CNCCO1)OCCO2. The largest absolute Gasteiger partial charge is 0.486 e. The van der Waals surface area contributed by atoms with Crippen LogP contribution in [0.3, 0.4) is 0 Å². The predicted molar refractivity (Wildman–Crippen MR) is 75.2 cm³/mol. The maximum absolute atomic E-state index is 11.2. The van der Waals surface area contributed by atoms with Gasteiger partial charge in [-0.15, -0.1) is 0 Å². The highest BCUT2D eigenvalue weighted by Crippen LogP contribution is 2.39. The van der Waals surface area contributed by atoms with Crippen molar-refractivity contribution in [2.24, 2.45) is 0 Å². The monoisotopic (exact) mass is 295 g/mol. The van der Waals surface area contributed by atoms with Crippen molar-refractivity contribution in [2.45, 2.75) is 6.10 Å². The first-order valence-corrected chi connectivity index (χ1v) is 6.88. The molecule has 2 heterocycles. The van der Waals surface area contributed by atoms with E-state index in [0.717, 1.165) is 13.1 Å². The van der Waals surface area contributed by atoms with E-state index >= 15 is 0 Å². The van der Waals surface area contributed by atoms with Crippen molar-refractivity contribution >= 4 is 11.4 Å². The standard InChI is InChI=1S/C13H17N3O5/c17-16(18)11-6-13-12(20-3-4-21-13)5-10(11)15-8-9-7-14-1-2-19-9/h5-6,9,14-15H,1-4,7-8H2. The molecule has 2 N–H and O–H groups in total. The van der Waals surface area contributed by atoms with Crippen LogP contribution in [-0.2, 0) is 4.74 Å². The molecule has 0 amide bonds. The van der Waals surface area contributed by atoms with Crippen LogP contribution in [0.25, 0.3) is 0 Å². The molecular weight excluding hydrogens is 278 g/mol. The fourth-order valence-corrected chi connectivity index (χ4v) is 2.35. The van der Waals surface area contributed by atoms with Crippen LogP contribution < -0.4 is 20.1 Å². The fraction of sp³-hybridized carbons (Fsp3) is 0.538. The maximum Gasteiger partial charge on any atom is 0.296 e. The minimum absolute atomic E-state index is 0.00782. The zero-order chi connectivity index (χ0) is 14.7. The minimum atomic E-state index is -0.430. The maximum atomic E-state index is 11.2. The van der Waals surface area contributed by atoms with Crippen LogP contribution >= 0.6 is 0 Å². The first-order valence-electron chi connectivity index (χ1n) is 6.88. The number of hydrogen-bond acceptors (Lipinski definition) is 7. The summed E-state index contributed by atoms with van der Waals surface area (Å²) in [7, 11) is 0. The second kappa shape index (κ2) is 6.15. The summed E-state index contributed by atoms with van der Waals surface area (Å²) in [6.45, 7) is 3.55. The Kier molecular flexibility index (Phi) is 4.07. The van der Waals surface area contributed by atoms with Crippen LogP contribution in [0.5, 0.6) is 11.5 Å². The van der Waals surface area contributed by atoms with Crippen molar-refractivity contribution in [3.8, 4) is 11.5 Å². The normalized spacial score (nSPS) is 20.9. The van der Waals surface area contributed by atoms with E-state index in [-0.39, 0.29) is 11.8 Å². The number of morpholine rings is 1. The van der Waals surface area contributed by atoms with Crippen LogP contribution in [0.15, 0.2) is 12.1 Å². The molecule has 1 saturated heterocycles. The summed E-state index contributed by atoms with van der Waals surface area (Å²) >= 11 is 0. The molecule has 0 spiro atoms. The Morgan fingerprint density at radius 1 is 1.29 bits per heavy atom. The number of nitrogens with one attached hydrogen (secondary N) is 2. The van der Waals surface area contributed by atoms with E-state index in [1.54, 1.807) is 6.07 Å². The quantitative estimate of drug-likeness (QED) is 0.625. The number of nitro groups is 1. The lowest BCUT2D eigenvalue weighted by Gasteiger charge is -2.24. The fourth-order valence-electron chi connectivity index (χ4n) is 2.35. The molecule has 114 valence electrons. The molecular formula is C13H17N3O5. The summed E-state index contributed by atoms with van der Waals surface area (Å²) in [4.78, 5) is 10.8. The molecule has 0 aliphatic carbocycles. The molecule has 8 nitrogen and oxygen atoms in total. The Balaban J connectivity index is 1.77. The van der Waals surface area contributed by atoms with Gasteiger partial charge in [-0.05, 0) is 0 Å². The number of fused-ring (bicyclic) bond motifs is 1. The number of benzene rings is 1. The highest BCUT2D eigenvalue weighted by atomic mass is 16.6. The number of hydrogen-bond donors (Lipinski definition) is 2. The van der Waals surface area contributed by atoms with E-state index < -0.39 is 4.92 Å². The number of rotatable bonds is 4. The zero-order valence-electron chi connectivity index (χ0n) is 11.5. The van der Waals surface area contributed by atoms with Gasteiger partial charge in [-0.3, -0.25) is 10.1 Å². The molecule has 3 rings (SSSR count). The lowest BCUT2D eigenvalue weighted by molar-refractivity contribution is -0.384. The van der Waals surface area contributed by atoms with Crippen LogP contribution in [0.2, 0.25) is 0 Å². The van der Waals surface area contributed by atoms with Crippen molar-refractivity contribution in [3.05, 3.63) is 22.2 Å². The van der Waals surface area contributed by atoms with Crippen LogP contribution in [0, 0.1) is 10.1 Å². The van der Waals surface area contributed by atoms with Gasteiger partial charge in [0.2, 0.25) is 0 Å². The Hall–Kier alpha value is -2.06. The first-order chi connectivity index (χ1) is 10.2. The summed E-state index contributed by atoms with van der Waals surface area (Å²) in [5, 5.41) is 17.5. The Morgan fingerprint density at radius 3 is 2.71 bits per heavy atom. The van der Waals surface area contributed by atoms with Gasteiger partial charge < -0.3 is 24.8 Å². The molecule has 0 aromatic heterocycles. The van der Waals surface area contributed by atoms with E-state index in [2.05, 4.69) is 10.6 Å². The molecule has 2 aliphatic heterocycles. The van der Waals surface area contributed by atoms with Crippen LogP contribution in [-0.4, -0.2) is 50.5 Å². The average Bonchev–Trinajstić information content (AvgIpc) is 2.53. The number of anilines is 1. The molecule has 1 atom stereocenters. The number of nitro benzene ring substituents is 1. The molecule has 1 aromatic rings. The van der Waals surface area contributed by atoms with Gasteiger partial charge in [-0.25, -0.2) is 0 Å². The Labute approximate surface area is 121 Å². The summed E-state index contributed by atoms with van der Waals surface area (Å²) in [5.41, 5.74) is 0.390. The highest BCUT2D eigenvalue weighted by Gasteiger charge is 2.23. The average molecular weight is 295 g/mol. The van der Waals surface area contributed by atoms with Gasteiger partial charge in [0.15, 0.2) is 11.5 Å². The van der Waals surface area contributed by atoms with E-state index in [1.165, 1.54) is 6.07 Å². The molecule has 1 unspecified atom stereocenters. The third-order valence-electron chi connectivity index (χ3n) is 3.38. The lowest BCUT2D eigenvalue weighted by Crippen LogP contribution is -2.42. The smallest absolute Gasteiger partial charge is 0.296 e. The van der Waals surface area contributed by atoms with Gasteiger partial charge in [0, 0.05) is 25.7 Å². The summed E-state index contributed by atoms with van der Waals surface area (Å²) < 4.78 is 16.4. The predicted octanol–water partition coefficient (Wildman–Crippen LogP) is 0.766. The van der Waals surface area contributed by atoms with Crippen molar-refractivity contribution in [1.29, 1.82) is 0 Å². The number of nitrogens with zero attached hydrogens (tertiary/aromatic N) is 1. The molecule has 1 fully saturated rings. The molecule has 0 bridgehead atoms. The van der Waals surface area contributed by atoms with Crippen molar-refractivity contribution in [2.75, 3.05) is 44.8 Å². The van der Waals surface area contributed by atoms with E-state index in [1.807, 2.05) is 0 Å². The summed E-state index contributed by atoms with van der Waals surface area (Å²) in [6.07, 6.45) is -0.00782. The molecule has 2 aliphatic rings. The number of ether oxygens (including phenoxy) is 3. The van der Waals surface area contributed by atoms with Gasteiger partial charge in [-0.2, -0.15) is 0 Å². The molecule has 1 aromatic carbocycles. The van der Waals surface area contributed by atoms with Crippen LogP contribution in [0.4, 0.5) is 11.4 Å². The Bertz CT molecular complexity index is 531. The second-order valence-electron chi connectivity index (χ2n) is 4.85. The van der Waals surface area contributed by atoms with Gasteiger partial charge in [0.05, 0.1) is 23.7 Å². The third-order valence-corrected chi connectivity index (χ3v) is 3.38. The second-order valence-corrected chi connectivity index (χ2v) is 4.85. The third kappa shape index (κ3) is 3.17. The van der Waals surface area contributed by atoms with Crippen molar-refractivity contribution in [3.63, 3.8) is 0 Å².